The van der Waals surface area contributed by atoms with Gasteiger partial charge in [0.15, 0.2) is 0 Å². The molecule has 0 fully saturated rings. The molecule has 1 amide bonds. The van der Waals surface area contributed by atoms with Crippen LogP contribution in [0.4, 0.5) is 11.4 Å². The van der Waals surface area contributed by atoms with Crippen molar-refractivity contribution in [2.75, 3.05) is 22.8 Å². The first-order valence-corrected chi connectivity index (χ1v) is 11.0. The van der Waals surface area contributed by atoms with Crippen LogP contribution < -0.4 is 14.4 Å². The number of sulfonamides is 1. The number of nitrogens with one attached hydrogen (secondary N) is 1. The number of carbonyl (C=O) groups is 1. The van der Waals surface area contributed by atoms with Crippen LogP contribution in [0, 0.1) is 5.41 Å². The van der Waals surface area contributed by atoms with Crippen molar-refractivity contribution in [3.05, 3.63) is 53.1 Å². The molecule has 0 radical (unpaired) electrons. The topological polar surface area (TPSA) is 75.7 Å². The quantitative estimate of drug-likeness (QED) is 0.788. The molecule has 2 aromatic rings. The number of rotatable bonds is 5. The fourth-order valence-electron chi connectivity index (χ4n) is 3.06. The van der Waals surface area contributed by atoms with E-state index in [-0.39, 0.29) is 18.3 Å². The molecule has 1 heterocycles. The average Bonchev–Trinajstić information content (AvgIpc) is 2.71. The molecule has 1 aliphatic heterocycles. The first kappa shape index (κ1) is 20.5. The molecule has 1 aliphatic rings. The van der Waals surface area contributed by atoms with E-state index in [1.54, 1.807) is 47.4 Å². The lowest BCUT2D eigenvalue weighted by Crippen LogP contribution is -2.42. The average molecular weight is 423 g/mol. The van der Waals surface area contributed by atoms with E-state index in [0.29, 0.717) is 34.3 Å². The van der Waals surface area contributed by atoms with Gasteiger partial charge < -0.3 is 9.64 Å². The van der Waals surface area contributed by atoms with Crippen LogP contribution in [0.15, 0.2) is 42.5 Å². The van der Waals surface area contributed by atoms with Crippen molar-refractivity contribution < 1.29 is 17.9 Å². The number of hydrogen-bond donors (Lipinski definition) is 1. The lowest BCUT2D eigenvalue weighted by atomic mass is 9.93. The molecule has 3 rings (SSSR count). The van der Waals surface area contributed by atoms with Gasteiger partial charge in [-0.05, 0) is 44.5 Å². The van der Waals surface area contributed by atoms with Gasteiger partial charge in [0, 0.05) is 17.6 Å². The van der Waals surface area contributed by atoms with Crippen LogP contribution in [0.2, 0.25) is 5.02 Å². The zero-order chi connectivity index (χ0) is 20.5. The molecule has 2 aromatic carbocycles. The number of amides is 1. The van der Waals surface area contributed by atoms with Crippen LogP contribution in [0.25, 0.3) is 0 Å². The first-order valence-electron chi connectivity index (χ1n) is 8.96. The van der Waals surface area contributed by atoms with Gasteiger partial charge in [0.05, 0.1) is 22.5 Å². The van der Waals surface area contributed by atoms with E-state index in [0.717, 1.165) is 0 Å². The molecule has 0 saturated carbocycles. The third-order valence-electron chi connectivity index (χ3n) is 4.56. The number of benzene rings is 2. The summed E-state index contributed by atoms with van der Waals surface area (Å²) in [6.07, 6.45) is 0. The lowest BCUT2D eigenvalue weighted by Gasteiger charge is -2.26. The second-order valence-electron chi connectivity index (χ2n) is 7.36. The van der Waals surface area contributed by atoms with Crippen LogP contribution in [0.1, 0.15) is 26.3 Å². The van der Waals surface area contributed by atoms with E-state index in [1.165, 1.54) is 0 Å². The Morgan fingerprint density at radius 3 is 2.61 bits per heavy atom. The summed E-state index contributed by atoms with van der Waals surface area (Å²) < 4.78 is 33.5. The first-order chi connectivity index (χ1) is 13.1. The highest BCUT2D eigenvalue weighted by atomic mass is 35.5. The highest BCUT2D eigenvalue weighted by Crippen LogP contribution is 2.38. The maximum absolute atomic E-state index is 12.7. The van der Waals surface area contributed by atoms with Crippen molar-refractivity contribution in [1.82, 2.24) is 0 Å². The van der Waals surface area contributed by atoms with Crippen molar-refractivity contribution in [2.45, 2.75) is 26.5 Å². The van der Waals surface area contributed by atoms with Crippen LogP contribution in [0.3, 0.4) is 0 Å². The molecule has 8 heteroatoms. The van der Waals surface area contributed by atoms with Gasteiger partial charge >= 0.3 is 0 Å². The number of anilines is 2. The Kier molecular flexibility index (Phi) is 5.59. The van der Waals surface area contributed by atoms with Gasteiger partial charge in [0.1, 0.15) is 12.4 Å². The van der Waals surface area contributed by atoms with E-state index in [9.17, 15) is 13.2 Å². The molecule has 0 unspecified atom stereocenters. The second kappa shape index (κ2) is 7.64. The van der Waals surface area contributed by atoms with Crippen molar-refractivity contribution in [1.29, 1.82) is 0 Å². The lowest BCUT2D eigenvalue weighted by molar-refractivity contribution is -0.127. The summed E-state index contributed by atoms with van der Waals surface area (Å²) in [6, 6.07) is 11.8. The summed E-state index contributed by atoms with van der Waals surface area (Å²) >= 11 is 6.07. The highest BCUT2D eigenvalue weighted by molar-refractivity contribution is 7.91. The van der Waals surface area contributed by atoms with Gasteiger partial charge in [-0.15, -0.1) is 0 Å². The SMILES string of the molecule is CCN1C(=O)C(C)(C)COc2cc(NS(=O)(=O)Cc3ccccc3Cl)ccc21. The molecule has 0 aromatic heterocycles. The molecule has 0 spiro atoms. The summed E-state index contributed by atoms with van der Waals surface area (Å²) in [7, 11) is -3.67. The molecule has 150 valence electrons. The highest BCUT2D eigenvalue weighted by Gasteiger charge is 2.37. The largest absolute Gasteiger partial charge is 0.490 e. The van der Waals surface area contributed by atoms with E-state index in [4.69, 9.17) is 16.3 Å². The molecule has 28 heavy (non-hydrogen) atoms. The predicted molar refractivity (Wildman–Crippen MR) is 111 cm³/mol. The van der Waals surface area contributed by atoms with Crippen molar-refractivity contribution in [2.24, 2.45) is 5.41 Å². The Morgan fingerprint density at radius 2 is 1.93 bits per heavy atom. The van der Waals surface area contributed by atoms with Crippen molar-refractivity contribution in [3.63, 3.8) is 0 Å². The Bertz CT molecular complexity index is 1010. The molecule has 0 atom stereocenters. The number of ether oxygens (including phenoxy) is 1. The summed E-state index contributed by atoms with van der Waals surface area (Å²) in [5.41, 5.74) is 0.854. The van der Waals surface area contributed by atoms with E-state index in [2.05, 4.69) is 4.72 Å². The van der Waals surface area contributed by atoms with Crippen LogP contribution in [0.5, 0.6) is 5.75 Å². The van der Waals surface area contributed by atoms with Gasteiger partial charge in [-0.3, -0.25) is 9.52 Å². The molecule has 0 saturated heterocycles. The Hall–Kier alpha value is -2.25. The summed E-state index contributed by atoms with van der Waals surface area (Å²) in [5.74, 6) is 0.205. The standard InChI is InChI=1S/C20H23ClN2O4S/c1-4-23-17-10-9-15(11-18(17)27-13-20(2,3)19(23)24)22-28(25,26)12-14-7-5-6-8-16(14)21/h5-11,22H,4,12-13H2,1-3H3. The molecular formula is C20H23ClN2O4S. The summed E-state index contributed by atoms with van der Waals surface area (Å²) in [4.78, 5) is 14.4. The third kappa shape index (κ3) is 4.25. The number of halogens is 1. The fourth-order valence-corrected chi connectivity index (χ4v) is 4.56. The molecular weight excluding hydrogens is 400 g/mol. The zero-order valence-corrected chi connectivity index (χ0v) is 17.6. The van der Waals surface area contributed by atoms with Crippen LogP contribution >= 0.6 is 11.6 Å². The minimum absolute atomic E-state index is 0.0270. The van der Waals surface area contributed by atoms with Crippen molar-refractivity contribution in [3.8, 4) is 5.75 Å². The number of carbonyl (C=O) groups excluding carboxylic acids is 1. The summed E-state index contributed by atoms with van der Waals surface area (Å²) in [6.45, 7) is 6.26. The monoisotopic (exact) mass is 422 g/mol. The van der Waals surface area contributed by atoms with E-state index >= 15 is 0 Å². The van der Waals surface area contributed by atoms with Gasteiger partial charge in [0.25, 0.3) is 0 Å². The summed E-state index contributed by atoms with van der Waals surface area (Å²) in [5, 5.41) is 0.400. The van der Waals surface area contributed by atoms with Gasteiger partial charge in [0.2, 0.25) is 15.9 Å². The van der Waals surface area contributed by atoms with Gasteiger partial charge in [-0.25, -0.2) is 8.42 Å². The molecule has 1 N–H and O–H groups in total. The third-order valence-corrected chi connectivity index (χ3v) is 6.16. The van der Waals surface area contributed by atoms with E-state index in [1.807, 2.05) is 20.8 Å². The maximum atomic E-state index is 12.7. The van der Waals surface area contributed by atoms with E-state index < -0.39 is 15.4 Å². The minimum atomic E-state index is -3.67. The molecule has 0 bridgehead atoms. The predicted octanol–water partition coefficient (Wildman–Crippen LogP) is 4.05. The van der Waals surface area contributed by atoms with Crippen LogP contribution in [-0.2, 0) is 20.6 Å². The van der Waals surface area contributed by atoms with Gasteiger partial charge in [-0.1, -0.05) is 29.8 Å². The number of nitrogens with zero attached hydrogens (tertiary/aromatic N) is 1. The normalized spacial score (nSPS) is 16.1. The second-order valence-corrected chi connectivity index (χ2v) is 9.49. The van der Waals surface area contributed by atoms with Gasteiger partial charge in [-0.2, -0.15) is 0 Å². The fraction of sp³-hybridized carbons (Fsp3) is 0.350. The maximum Gasteiger partial charge on any atom is 0.236 e. The molecule has 6 nitrogen and oxygen atoms in total. The smallest absolute Gasteiger partial charge is 0.236 e. The Morgan fingerprint density at radius 1 is 1.21 bits per heavy atom. The number of fused-ring (bicyclic) bond motifs is 1. The number of hydrogen-bond acceptors (Lipinski definition) is 4. The Labute approximate surface area is 170 Å². The Balaban J connectivity index is 1.87. The minimum Gasteiger partial charge on any atom is -0.490 e. The van der Waals surface area contributed by atoms with Crippen molar-refractivity contribution >= 4 is 38.9 Å². The van der Waals surface area contributed by atoms with Crippen LogP contribution in [-0.4, -0.2) is 27.5 Å². The zero-order valence-electron chi connectivity index (χ0n) is 16.0. The molecule has 0 aliphatic carbocycles.